The SMILES string of the molecule is CC1(C)c2ccccc2N(c2ccc(C3=C[Si]4(C=C3c3ccc(N5c6ccccc6C(C)(C)c6ccccc65)cc3)c3ccccc3B(c3ccccc3)c3ccccc34)cc2)c2ccccc21. The minimum atomic E-state index is -2.69. The number of nitrogens with zero attached hydrogens (tertiary/aromatic N) is 2. The molecule has 13 rings (SSSR count). The van der Waals surface area contributed by atoms with Gasteiger partial charge in [-0.25, -0.2) is 0 Å². The Bertz CT molecular complexity index is 3210. The van der Waals surface area contributed by atoms with Crippen LogP contribution in [0.25, 0.3) is 11.1 Å². The second-order valence-corrected chi connectivity index (χ2v) is 23.5. The van der Waals surface area contributed by atoms with Crippen LogP contribution in [0.3, 0.4) is 0 Å². The van der Waals surface area contributed by atoms with E-state index in [1.165, 1.54) is 94.0 Å². The fourth-order valence-electron chi connectivity index (χ4n) is 12.5. The highest BCUT2D eigenvalue weighted by molar-refractivity contribution is 7.20. The van der Waals surface area contributed by atoms with E-state index in [9.17, 15) is 0 Å². The zero-order chi connectivity index (χ0) is 45.8. The molecule has 9 aromatic carbocycles. The zero-order valence-corrected chi connectivity index (χ0v) is 40.0. The fourth-order valence-corrected chi connectivity index (χ4v) is 17.2. The molecule has 4 heteroatoms. The summed E-state index contributed by atoms with van der Waals surface area (Å²) in [5.41, 5.74) is 27.1. The first-order valence-electron chi connectivity index (χ1n) is 24.1. The zero-order valence-electron chi connectivity index (χ0n) is 39.0. The van der Waals surface area contributed by atoms with Gasteiger partial charge in [0.05, 0.1) is 22.7 Å². The Labute approximate surface area is 402 Å². The van der Waals surface area contributed by atoms with Gasteiger partial charge in [-0.1, -0.05) is 242 Å². The molecule has 0 N–H and O–H groups in total. The van der Waals surface area contributed by atoms with Gasteiger partial charge in [-0.15, -0.1) is 0 Å². The molecule has 1 spiro atoms. The molecule has 0 atom stereocenters. The minimum absolute atomic E-state index is 0.115. The second kappa shape index (κ2) is 15.2. The van der Waals surface area contributed by atoms with Crippen LogP contribution in [0.4, 0.5) is 34.1 Å². The topological polar surface area (TPSA) is 6.48 Å². The van der Waals surface area contributed by atoms with Crippen molar-refractivity contribution in [1.29, 1.82) is 0 Å². The number of anilines is 6. The van der Waals surface area contributed by atoms with E-state index in [-0.39, 0.29) is 17.5 Å². The summed E-state index contributed by atoms with van der Waals surface area (Å²) in [6.45, 7) is 9.58. The third-order valence-electron chi connectivity index (χ3n) is 15.7. The summed E-state index contributed by atoms with van der Waals surface area (Å²) < 4.78 is 0. The Balaban J connectivity index is 0.982. The normalized spacial score (nSPS) is 16.4. The van der Waals surface area contributed by atoms with Gasteiger partial charge in [-0.2, -0.15) is 0 Å². The molecule has 0 saturated heterocycles. The molecule has 9 aromatic rings. The first-order valence-corrected chi connectivity index (χ1v) is 26.3. The van der Waals surface area contributed by atoms with Crippen LogP contribution in [0.5, 0.6) is 0 Å². The molecule has 2 nitrogen and oxygen atoms in total. The lowest BCUT2D eigenvalue weighted by Gasteiger charge is -2.42. The predicted octanol–water partition coefficient (Wildman–Crippen LogP) is 12.6. The Morgan fingerprint density at radius 3 is 1.04 bits per heavy atom. The maximum Gasteiger partial charge on any atom is 0.240 e. The van der Waals surface area contributed by atoms with Gasteiger partial charge in [0.2, 0.25) is 6.71 Å². The molecule has 4 aliphatic rings. The molecule has 324 valence electrons. The molecule has 0 aliphatic carbocycles. The standard InChI is InChI=1S/C64H51BN2Si/c1-63(2)51-22-8-14-28-57(51)66(58-29-15-9-23-52(58)63)47-38-34-44(35-39-47)49-42-68(61-32-18-12-26-55(61)65(46-20-6-5-7-21-46)56-27-13-19-33-62(56)68)43-50(49)45-36-40-48(41-37-45)67-59-30-16-10-24-53(59)64(3,4)54-25-11-17-31-60(54)67/h5-43H,1-4H3. The van der Waals surface area contributed by atoms with E-state index in [0.29, 0.717) is 0 Å². The molecular formula is C64H51BN2Si. The molecular weight excluding hydrogens is 836 g/mol. The number of allylic oxidation sites excluding steroid dienone is 2. The summed E-state index contributed by atoms with van der Waals surface area (Å²) in [7, 11) is -2.69. The van der Waals surface area contributed by atoms with Gasteiger partial charge in [0.25, 0.3) is 0 Å². The molecule has 0 amide bonds. The van der Waals surface area contributed by atoms with Crippen LogP contribution in [0.1, 0.15) is 61.1 Å². The predicted molar refractivity (Wildman–Crippen MR) is 291 cm³/mol. The van der Waals surface area contributed by atoms with Crippen molar-refractivity contribution in [1.82, 2.24) is 0 Å². The third kappa shape index (κ3) is 5.90. The highest BCUT2D eigenvalue weighted by Gasteiger charge is 2.48. The van der Waals surface area contributed by atoms with Gasteiger partial charge in [0.15, 0.2) is 8.07 Å². The summed E-state index contributed by atoms with van der Waals surface area (Å²) in [6, 6.07) is 84.4. The van der Waals surface area contributed by atoms with E-state index in [4.69, 9.17) is 0 Å². The molecule has 0 saturated carbocycles. The van der Waals surface area contributed by atoms with Crippen molar-refractivity contribution in [2.24, 2.45) is 0 Å². The fraction of sp³-hybridized carbons (Fsp3) is 0.0938. The number of rotatable bonds is 5. The number of fused-ring (bicyclic) bond motifs is 8. The lowest BCUT2D eigenvalue weighted by molar-refractivity contribution is 0.632. The maximum atomic E-state index is 2.72. The summed E-state index contributed by atoms with van der Waals surface area (Å²) in [6.07, 6.45) is 0. The van der Waals surface area contributed by atoms with Crippen molar-refractivity contribution >= 4 is 86.8 Å². The Hall–Kier alpha value is -7.66. The average Bonchev–Trinajstić information content (AvgIpc) is 3.79. The van der Waals surface area contributed by atoms with E-state index < -0.39 is 8.07 Å². The van der Waals surface area contributed by atoms with Gasteiger partial charge in [0.1, 0.15) is 0 Å². The van der Waals surface area contributed by atoms with Crippen molar-refractivity contribution in [3.05, 3.63) is 269 Å². The van der Waals surface area contributed by atoms with Crippen molar-refractivity contribution in [2.75, 3.05) is 9.80 Å². The van der Waals surface area contributed by atoms with Crippen LogP contribution in [0.15, 0.2) is 236 Å². The molecule has 0 radical (unpaired) electrons. The van der Waals surface area contributed by atoms with Gasteiger partial charge in [0, 0.05) is 22.2 Å². The third-order valence-corrected chi connectivity index (χ3v) is 19.9. The van der Waals surface area contributed by atoms with Crippen molar-refractivity contribution in [3.63, 3.8) is 0 Å². The first-order chi connectivity index (χ1) is 33.2. The molecule has 0 fully saturated rings. The second-order valence-electron chi connectivity index (χ2n) is 20.1. The highest BCUT2D eigenvalue weighted by atomic mass is 28.3. The minimum Gasteiger partial charge on any atom is -0.310 e. The number of para-hydroxylation sites is 4. The number of hydrogen-bond acceptors (Lipinski definition) is 2. The molecule has 68 heavy (non-hydrogen) atoms. The van der Waals surface area contributed by atoms with E-state index in [1.807, 2.05) is 0 Å². The molecule has 0 bridgehead atoms. The van der Waals surface area contributed by atoms with Gasteiger partial charge in [-0.05, 0) is 93.1 Å². The quantitative estimate of drug-likeness (QED) is 0.159. The van der Waals surface area contributed by atoms with Crippen LogP contribution in [0, 0.1) is 0 Å². The van der Waals surface area contributed by atoms with E-state index >= 15 is 0 Å². The van der Waals surface area contributed by atoms with Crippen LogP contribution in [0.2, 0.25) is 0 Å². The van der Waals surface area contributed by atoms with Gasteiger partial charge in [-0.3, -0.25) is 0 Å². The average molecular weight is 887 g/mol. The van der Waals surface area contributed by atoms with Crippen LogP contribution in [-0.4, -0.2) is 14.8 Å². The molecule has 0 unspecified atom stereocenters. The number of hydrogen-bond donors (Lipinski definition) is 0. The first kappa shape index (κ1) is 40.6. The lowest BCUT2D eigenvalue weighted by atomic mass is 9.36. The van der Waals surface area contributed by atoms with Crippen LogP contribution in [-0.2, 0) is 10.8 Å². The maximum absolute atomic E-state index is 2.72. The van der Waals surface area contributed by atoms with Crippen LogP contribution < -0.4 is 36.6 Å². The van der Waals surface area contributed by atoms with E-state index in [1.54, 1.807) is 0 Å². The smallest absolute Gasteiger partial charge is 0.240 e. The van der Waals surface area contributed by atoms with Crippen LogP contribution >= 0.6 is 0 Å². The van der Waals surface area contributed by atoms with Gasteiger partial charge >= 0.3 is 0 Å². The largest absolute Gasteiger partial charge is 0.310 e. The molecule has 4 heterocycles. The van der Waals surface area contributed by atoms with Crippen molar-refractivity contribution in [2.45, 2.75) is 38.5 Å². The summed E-state index contributed by atoms with van der Waals surface area (Å²) in [5.74, 6) is 0. The van der Waals surface area contributed by atoms with Crippen molar-refractivity contribution < 1.29 is 0 Å². The van der Waals surface area contributed by atoms with E-state index in [2.05, 4.69) is 273 Å². The number of benzene rings is 9. The highest BCUT2D eigenvalue weighted by Crippen LogP contribution is 2.54. The Kier molecular flexibility index (Phi) is 9.07. The monoisotopic (exact) mass is 886 g/mol. The summed E-state index contributed by atoms with van der Waals surface area (Å²) >= 11 is 0. The Morgan fingerprint density at radius 1 is 0.338 bits per heavy atom. The molecule has 0 aromatic heterocycles. The summed E-state index contributed by atoms with van der Waals surface area (Å²) in [4.78, 5) is 4.92. The van der Waals surface area contributed by atoms with Gasteiger partial charge < -0.3 is 9.80 Å². The van der Waals surface area contributed by atoms with E-state index in [0.717, 1.165) is 11.4 Å². The summed E-state index contributed by atoms with van der Waals surface area (Å²) in [5, 5.41) is 2.95. The Morgan fingerprint density at radius 2 is 0.662 bits per heavy atom. The van der Waals surface area contributed by atoms with Crippen molar-refractivity contribution in [3.8, 4) is 0 Å². The molecule has 4 aliphatic heterocycles. The lowest BCUT2D eigenvalue weighted by Crippen LogP contribution is -2.77.